The van der Waals surface area contributed by atoms with E-state index in [2.05, 4.69) is 10.4 Å². The van der Waals surface area contributed by atoms with Crippen LogP contribution in [0.15, 0.2) is 64.5 Å². The first kappa shape index (κ1) is 22.3. The Morgan fingerprint density at radius 1 is 1.13 bits per heavy atom. The molecule has 2 aromatic carbocycles. The molecule has 0 aliphatic rings. The zero-order chi connectivity index (χ0) is 22.8. The summed E-state index contributed by atoms with van der Waals surface area (Å²) in [4.78, 5) is 23.6. The molecule has 0 aliphatic carbocycles. The summed E-state index contributed by atoms with van der Waals surface area (Å²) in [5.74, 6) is -1.51. The SMILES string of the molecule is COc1cc(NC(=O)C(C)n2ccc(C(=O)O)n2)cc(S(=O)(=O)c2ccc(Cl)cc2)c1. The van der Waals surface area contributed by atoms with E-state index in [4.69, 9.17) is 21.4 Å². The topological polar surface area (TPSA) is 128 Å². The zero-order valence-corrected chi connectivity index (χ0v) is 18.0. The molecular weight excluding hydrogens is 446 g/mol. The summed E-state index contributed by atoms with van der Waals surface area (Å²) in [6.45, 7) is 1.53. The van der Waals surface area contributed by atoms with Crippen molar-refractivity contribution in [3.05, 3.63) is 65.4 Å². The minimum absolute atomic E-state index is 0.0357. The summed E-state index contributed by atoms with van der Waals surface area (Å²) < 4.78 is 32.4. The number of carboxylic acid groups (broad SMARTS) is 1. The van der Waals surface area contributed by atoms with Gasteiger partial charge in [0.25, 0.3) is 0 Å². The molecule has 1 amide bonds. The maximum Gasteiger partial charge on any atom is 0.356 e. The van der Waals surface area contributed by atoms with Gasteiger partial charge in [-0.25, -0.2) is 13.2 Å². The van der Waals surface area contributed by atoms with Crippen LogP contribution in [-0.4, -0.2) is 42.3 Å². The molecule has 11 heteroatoms. The van der Waals surface area contributed by atoms with E-state index >= 15 is 0 Å². The number of hydrogen-bond donors (Lipinski definition) is 2. The Labute approximate surface area is 183 Å². The first-order valence-electron chi connectivity index (χ1n) is 8.91. The normalized spacial score (nSPS) is 12.2. The third-order valence-corrected chi connectivity index (χ3v) is 6.42. The van der Waals surface area contributed by atoms with E-state index < -0.39 is 27.8 Å². The number of benzene rings is 2. The number of nitrogens with zero attached hydrogens (tertiary/aromatic N) is 2. The van der Waals surface area contributed by atoms with Gasteiger partial charge in [0.2, 0.25) is 15.7 Å². The summed E-state index contributed by atoms with van der Waals surface area (Å²) >= 11 is 5.83. The number of anilines is 1. The van der Waals surface area contributed by atoms with Crippen LogP contribution in [0.5, 0.6) is 5.75 Å². The number of carboxylic acids is 1. The average molecular weight is 464 g/mol. The van der Waals surface area contributed by atoms with Gasteiger partial charge < -0.3 is 15.2 Å². The number of aromatic carboxylic acids is 1. The highest BCUT2D eigenvalue weighted by atomic mass is 35.5. The molecule has 1 aromatic heterocycles. The number of sulfone groups is 1. The van der Waals surface area contributed by atoms with E-state index in [0.717, 1.165) is 0 Å². The molecule has 0 bridgehead atoms. The molecule has 0 radical (unpaired) electrons. The lowest BCUT2D eigenvalue weighted by atomic mass is 10.2. The molecule has 1 atom stereocenters. The largest absolute Gasteiger partial charge is 0.497 e. The Hall–Kier alpha value is -3.37. The number of rotatable bonds is 7. The summed E-state index contributed by atoms with van der Waals surface area (Å²) in [5.41, 5.74) is -0.00766. The second-order valence-electron chi connectivity index (χ2n) is 6.51. The second-order valence-corrected chi connectivity index (χ2v) is 8.89. The van der Waals surface area contributed by atoms with Crippen molar-refractivity contribution in [3.8, 4) is 5.75 Å². The third kappa shape index (κ3) is 4.86. The van der Waals surface area contributed by atoms with Crippen molar-refractivity contribution in [2.45, 2.75) is 22.8 Å². The smallest absolute Gasteiger partial charge is 0.356 e. The van der Waals surface area contributed by atoms with Crippen LogP contribution in [0.1, 0.15) is 23.5 Å². The van der Waals surface area contributed by atoms with Crippen LogP contribution >= 0.6 is 11.6 Å². The Bertz CT molecular complexity index is 1240. The van der Waals surface area contributed by atoms with Gasteiger partial charge in [-0.15, -0.1) is 0 Å². The fourth-order valence-corrected chi connectivity index (χ4v) is 4.15. The van der Waals surface area contributed by atoms with Gasteiger partial charge in [-0.2, -0.15) is 5.10 Å². The Kier molecular flexibility index (Phi) is 6.32. The highest BCUT2D eigenvalue weighted by molar-refractivity contribution is 7.91. The molecule has 3 aromatic rings. The molecule has 0 fully saturated rings. The maximum absolute atomic E-state index is 13.0. The van der Waals surface area contributed by atoms with Crippen molar-refractivity contribution < 1.29 is 27.9 Å². The van der Waals surface area contributed by atoms with E-state index in [0.29, 0.717) is 5.02 Å². The molecular formula is C20H18ClN3O6S. The highest BCUT2D eigenvalue weighted by Gasteiger charge is 2.22. The van der Waals surface area contributed by atoms with Crippen molar-refractivity contribution in [1.29, 1.82) is 0 Å². The van der Waals surface area contributed by atoms with Gasteiger partial charge in [0.1, 0.15) is 11.8 Å². The second kappa shape index (κ2) is 8.78. The number of methoxy groups -OCH3 is 1. The number of hydrogen-bond acceptors (Lipinski definition) is 6. The predicted molar refractivity (Wildman–Crippen MR) is 112 cm³/mol. The van der Waals surface area contributed by atoms with Crippen LogP contribution < -0.4 is 10.1 Å². The van der Waals surface area contributed by atoms with Gasteiger partial charge in [0.05, 0.1) is 16.9 Å². The van der Waals surface area contributed by atoms with E-state index in [1.54, 1.807) is 0 Å². The minimum atomic E-state index is -3.90. The van der Waals surface area contributed by atoms with Crippen LogP contribution in [0.4, 0.5) is 5.69 Å². The summed E-state index contributed by atoms with van der Waals surface area (Å²) in [6.07, 6.45) is 1.37. The first-order valence-corrected chi connectivity index (χ1v) is 10.8. The van der Waals surface area contributed by atoms with Crippen molar-refractivity contribution in [1.82, 2.24) is 9.78 Å². The van der Waals surface area contributed by atoms with Gasteiger partial charge in [-0.05, 0) is 49.4 Å². The fraction of sp³-hybridized carbons (Fsp3) is 0.150. The summed E-state index contributed by atoms with van der Waals surface area (Å²) in [6, 6.07) is 10.2. The number of nitrogens with one attached hydrogen (secondary N) is 1. The van der Waals surface area contributed by atoms with E-state index in [1.165, 1.54) is 73.4 Å². The number of carbonyl (C=O) groups is 2. The number of carbonyl (C=O) groups excluding carboxylic acids is 1. The molecule has 0 saturated carbocycles. The molecule has 31 heavy (non-hydrogen) atoms. The quantitative estimate of drug-likeness (QED) is 0.550. The minimum Gasteiger partial charge on any atom is -0.497 e. The number of aromatic nitrogens is 2. The van der Waals surface area contributed by atoms with E-state index in [-0.39, 0.29) is 26.9 Å². The highest BCUT2D eigenvalue weighted by Crippen LogP contribution is 2.29. The Morgan fingerprint density at radius 2 is 1.81 bits per heavy atom. The average Bonchev–Trinajstić information content (AvgIpc) is 3.23. The Balaban J connectivity index is 1.90. The fourth-order valence-electron chi connectivity index (χ4n) is 2.70. The number of halogens is 1. The van der Waals surface area contributed by atoms with E-state index in [9.17, 15) is 18.0 Å². The van der Waals surface area contributed by atoms with Gasteiger partial charge in [-0.1, -0.05) is 11.6 Å². The standard InChI is InChI=1S/C20H18ClN3O6S/c1-12(24-8-7-18(23-24)20(26)27)19(25)22-14-9-15(30-2)11-17(10-14)31(28,29)16-5-3-13(21)4-6-16/h3-12H,1-2H3,(H,22,25)(H,26,27). The van der Waals surface area contributed by atoms with Gasteiger partial charge in [0, 0.05) is 23.0 Å². The van der Waals surface area contributed by atoms with Crippen molar-refractivity contribution in [3.63, 3.8) is 0 Å². The molecule has 2 N–H and O–H groups in total. The summed E-state index contributed by atoms with van der Waals surface area (Å²) in [7, 11) is -2.52. The molecule has 1 heterocycles. The lowest BCUT2D eigenvalue weighted by Gasteiger charge is -2.15. The van der Waals surface area contributed by atoms with Gasteiger partial charge >= 0.3 is 5.97 Å². The van der Waals surface area contributed by atoms with Crippen molar-refractivity contribution in [2.75, 3.05) is 12.4 Å². The first-order chi connectivity index (χ1) is 14.6. The molecule has 0 aliphatic heterocycles. The molecule has 9 nitrogen and oxygen atoms in total. The van der Waals surface area contributed by atoms with Crippen molar-refractivity contribution in [2.24, 2.45) is 0 Å². The predicted octanol–water partition coefficient (Wildman–Crippen LogP) is 3.28. The van der Waals surface area contributed by atoms with Crippen LogP contribution in [0.25, 0.3) is 0 Å². The van der Waals surface area contributed by atoms with Crippen LogP contribution in [0, 0.1) is 0 Å². The molecule has 0 saturated heterocycles. The lowest BCUT2D eigenvalue weighted by molar-refractivity contribution is -0.119. The lowest BCUT2D eigenvalue weighted by Crippen LogP contribution is -2.24. The maximum atomic E-state index is 13.0. The van der Waals surface area contributed by atoms with Crippen LogP contribution in [0.2, 0.25) is 5.02 Å². The third-order valence-electron chi connectivity index (χ3n) is 4.42. The molecule has 3 rings (SSSR count). The van der Waals surface area contributed by atoms with Gasteiger partial charge in [-0.3, -0.25) is 9.48 Å². The monoisotopic (exact) mass is 463 g/mol. The van der Waals surface area contributed by atoms with Crippen LogP contribution in [-0.2, 0) is 14.6 Å². The van der Waals surface area contributed by atoms with E-state index in [1.807, 2.05) is 0 Å². The molecule has 0 spiro atoms. The Morgan fingerprint density at radius 3 is 2.39 bits per heavy atom. The molecule has 1 unspecified atom stereocenters. The molecule has 162 valence electrons. The van der Waals surface area contributed by atoms with Gasteiger partial charge in [0.15, 0.2) is 5.69 Å². The number of amides is 1. The van der Waals surface area contributed by atoms with Crippen LogP contribution in [0.3, 0.4) is 0 Å². The van der Waals surface area contributed by atoms with Crippen molar-refractivity contribution >= 4 is 39.0 Å². The zero-order valence-electron chi connectivity index (χ0n) is 16.4. The summed E-state index contributed by atoms with van der Waals surface area (Å²) in [5, 5.41) is 15.8. The number of ether oxygens (including phenoxy) is 1.